The molecule has 0 atom stereocenters. The molecule has 2 bridgehead atoms. The molecule has 0 aliphatic heterocycles. The van der Waals surface area contributed by atoms with Crippen molar-refractivity contribution in [2.45, 2.75) is 25.7 Å². The summed E-state index contributed by atoms with van der Waals surface area (Å²) >= 11 is 0. The van der Waals surface area contributed by atoms with E-state index in [1.165, 1.54) is 25.7 Å². The Morgan fingerprint density at radius 2 is 2.25 bits per heavy atom. The molecule has 3 aliphatic rings. The Kier molecular flexibility index (Phi) is 0.588. The first kappa shape index (κ1) is 4.38. The zero-order valence-electron chi connectivity index (χ0n) is 4.85. The van der Waals surface area contributed by atoms with E-state index in [2.05, 4.69) is 6.07 Å². The SMILES string of the molecule is N#CC12CCC(C1)C2. The van der Waals surface area contributed by atoms with E-state index in [0.29, 0.717) is 0 Å². The maximum absolute atomic E-state index is 8.61. The molecule has 0 saturated heterocycles. The lowest BCUT2D eigenvalue weighted by Gasteiger charge is -2.30. The van der Waals surface area contributed by atoms with Crippen molar-refractivity contribution in [3.63, 3.8) is 0 Å². The van der Waals surface area contributed by atoms with Crippen LogP contribution in [0.25, 0.3) is 0 Å². The van der Waals surface area contributed by atoms with E-state index in [9.17, 15) is 0 Å². The third-order valence-electron chi connectivity index (χ3n) is 2.63. The van der Waals surface area contributed by atoms with E-state index in [0.717, 1.165) is 5.92 Å². The highest BCUT2D eigenvalue weighted by Gasteiger charge is 2.50. The first-order chi connectivity index (χ1) is 3.85. The van der Waals surface area contributed by atoms with Crippen molar-refractivity contribution in [2.75, 3.05) is 0 Å². The minimum atomic E-state index is 0.185. The number of rotatable bonds is 0. The van der Waals surface area contributed by atoms with Crippen molar-refractivity contribution in [1.82, 2.24) is 0 Å². The van der Waals surface area contributed by atoms with Crippen molar-refractivity contribution in [3.8, 4) is 6.07 Å². The maximum Gasteiger partial charge on any atom is 0.0689 e. The fourth-order valence-corrected chi connectivity index (χ4v) is 2.08. The van der Waals surface area contributed by atoms with Gasteiger partial charge in [-0.05, 0) is 31.6 Å². The summed E-state index contributed by atoms with van der Waals surface area (Å²) in [5, 5.41) is 8.61. The predicted octanol–water partition coefficient (Wildman–Crippen LogP) is 1.70. The molecule has 42 valence electrons. The number of hydrogen-bond donors (Lipinski definition) is 0. The molecule has 3 saturated carbocycles. The molecule has 8 heavy (non-hydrogen) atoms. The highest BCUT2D eigenvalue weighted by atomic mass is 14.5. The Bertz CT molecular complexity index is 143. The lowest BCUT2D eigenvalue weighted by atomic mass is 9.71. The summed E-state index contributed by atoms with van der Waals surface area (Å²) in [6.45, 7) is 0. The van der Waals surface area contributed by atoms with Gasteiger partial charge in [-0.2, -0.15) is 5.26 Å². The third-order valence-corrected chi connectivity index (χ3v) is 2.63. The van der Waals surface area contributed by atoms with Gasteiger partial charge >= 0.3 is 0 Å². The third kappa shape index (κ3) is 0.324. The molecule has 0 aromatic carbocycles. The van der Waals surface area contributed by atoms with Crippen LogP contribution in [-0.4, -0.2) is 0 Å². The van der Waals surface area contributed by atoms with Crippen LogP contribution >= 0.6 is 0 Å². The summed E-state index contributed by atoms with van der Waals surface area (Å²) in [6.07, 6.45) is 4.94. The first-order valence-corrected chi connectivity index (χ1v) is 3.26. The topological polar surface area (TPSA) is 23.8 Å². The summed E-state index contributed by atoms with van der Waals surface area (Å²) in [6, 6.07) is 2.41. The van der Waals surface area contributed by atoms with Crippen LogP contribution in [0.3, 0.4) is 0 Å². The van der Waals surface area contributed by atoms with Gasteiger partial charge in [0.05, 0.1) is 11.5 Å². The number of nitrogens with zero attached hydrogens (tertiary/aromatic N) is 1. The Hall–Kier alpha value is -0.510. The van der Waals surface area contributed by atoms with Crippen molar-refractivity contribution < 1.29 is 0 Å². The fourth-order valence-electron chi connectivity index (χ4n) is 2.08. The minimum absolute atomic E-state index is 0.185. The number of fused-ring (bicyclic) bond motifs is 1. The van der Waals surface area contributed by atoms with Gasteiger partial charge in [0, 0.05) is 0 Å². The summed E-state index contributed by atoms with van der Waals surface area (Å²) in [5.74, 6) is 0.939. The normalized spacial score (nSPS) is 50.1. The average Bonchev–Trinajstić information content (AvgIpc) is 2.17. The Morgan fingerprint density at radius 3 is 2.50 bits per heavy atom. The van der Waals surface area contributed by atoms with Gasteiger partial charge < -0.3 is 0 Å². The molecule has 0 radical (unpaired) electrons. The molecule has 0 unspecified atom stereocenters. The summed E-state index contributed by atoms with van der Waals surface area (Å²) in [7, 11) is 0. The average molecular weight is 107 g/mol. The van der Waals surface area contributed by atoms with Crippen LogP contribution in [0, 0.1) is 22.7 Å². The minimum Gasteiger partial charge on any atom is -0.198 e. The van der Waals surface area contributed by atoms with Crippen LogP contribution in [0.4, 0.5) is 0 Å². The highest BCUT2D eigenvalue weighted by Crippen LogP contribution is 2.58. The molecule has 0 N–H and O–H groups in total. The van der Waals surface area contributed by atoms with Gasteiger partial charge in [0.1, 0.15) is 0 Å². The van der Waals surface area contributed by atoms with Crippen LogP contribution in [-0.2, 0) is 0 Å². The molecule has 3 rings (SSSR count). The first-order valence-electron chi connectivity index (χ1n) is 3.26. The summed E-state index contributed by atoms with van der Waals surface area (Å²) < 4.78 is 0. The Morgan fingerprint density at radius 1 is 1.50 bits per heavy atom. The molecule has 0 heterocycles. The van der Waals surface area contributed by atoms with Crippen LogP contribution < -0.4 is 0 Å². The fraction of sp³-hybridized carbons (Fsp3) is 0.857. The maximum atomic E-state index is 8.61. The van der Waals surface area contributed by atoms with Gasteiger partial charge in [0.25, 0.3) is 0 Å². The summed E-state index contributed by atoms with van der Waals surface area (Å²) in [5.41, 5.74) is 0.185. The second-order valence-corrected chi connectivity index (χ2v) is 3.21. The molecule has 1 heteroatoms. The molecular formula is C7H9N. The van der Waals surface area contributed by atoms with Gasteiger partial charge in [-0.25, -0.2) is 0 Å². The number of hydrogen-bond acceptors (Lipinski definition) is 1. The van der Waals surface area contributed by atoms with Gasteiger partial charge in [0.15, 0.2) is 0 Å². The standard InChI is InChI=1S/C7H9N/c8-5-7-2-1-6(3-7)4-7/h6H,1-4H2. The molecule has 0 spiro atoms. The van der Waals surface area contributed by atoms with Crippen molar-refractivity contribution in [2.24, 2.45) is 11.3 Å². The molecule has 0 amide bonds. The van der Waals surface area contributed by atoms with E-state index in [1.54, 1.807) is 0 Å². The molecule has 0 aromatic heterocycles. The van der Waals surface area contributed by atoms with E-state index >= 15 is 0 Å². The molecular weight excluding hydrogens is 98.1 g/mol. The highest BCUT2D eigenvalue weighted by molar-refractivity contribution is 5.12. The Balaban J connectivity index is 2.23. The van der Waals surface area contributed by atoms with E-state index in [1.807, 2.05) is 0 Å². The zero-order valence-corrected chi connectivity index (χ0v) is 4.85. The van der Waals surface area contributed by atoms with Crippen LogP contribution in [0.2, 0.25) is 0 Å². The van der Waals surface area contributed by atoms with Gasteiger partial charge in [-0.15, -0.1) is 0 Å². The van der Waals surface area contributed by atoms with Gasteiger partial charge in [-0.3, -0.25) is 0 Å². The van der Waals surface area contributed by atoms with Gasteiger partial charge in [-0.1, -0.05) is 0 Å². The smallest absolute Gasteiger partial charge is 0.0689 e. The van der Waals surface area contributed by atoms with Crippen molar-refractivity contribution in [1.29, 1.82) is 5.26 Å². The largest absolute Gasteiger partial charge is 0.198 e. The molecule has 3 fully saturated rings. The quantitative estimate of drug-likeness (QED) is 0.462. The lowest BCUT2D eigenvalue weighted by molar-refractivity contribution is 0.219. The second kappa shape index (κ2) is 1.07. The van der Waals surface area contributed by atoms with Crippen molar-refractivity contribution in [3.05, 3.63) is 0 Å². The van der Waals surface area contributed by atoms with Crippen LogP contribution in [0.5, 0.6) is 0 Å². The predicted molar refractivity (Wildman–Crippen MR) is 30.0 cm³/mol. The van der Waals surface area contributed by atoms with E-state index in [-0.39, 0.29) is 5.41 Å². The molecule has 0 aromatic rings. The van der Waals surface area contributed by atoms with Crippen LogP contribution in [0.1, 0.15) is 25.7 Å². The monoisotopic (exact) mass is 107 g/mol. The summed E-state index contributed by atoms with van der Waals surface area (Å²) in [4.78, 5) is 0. The zero-order chi connectivity index (χ0) is 5.61. The number of nitriles is 1. The molecule has 1 nitrogen and oxygen atoms in total. The van der Waals surface area contributed by atoms with Crippen molar-refractivity contribution >= 4 is 0 Å². The second-order valence-electron chi connectivity index (χ2n) is 3.21. The van der Waals surface area contributed by atoms with E-state index < -0.39 is 0 Å². The van der Waals surface area contributed by atoms with E-state index in [4.69, 9.17) is 5.26 Å². The lowest BCUT2D eigenvalue weighted by Crippen LogP contribution is -2.25. The Labute approximate surface area is 49.3 Å². The van der Waals surface area contributed by atoms with Gasteiger partial charge in [0.2, 0.25) is 0 Å². The molecule has 3 aliphatic carbocycles. The van der Waals surface area contributed by atoms with Crippen LogP contribution in [0.15, 0.2) is 0 Å².